The maximum atomic E-state index is 15.3. The van der Waals surface area contributed by atoms with Gasteiger partial charge in [-0.1, -0.05) is 40.2 Å². The molecule has 0 aromatic carbocycles. The van der Waals surface area contributed by atoms with E-state index in [1.165, 1.54) is 6.08 Å². The molecule has 3 rings (SSSR count). The van der Waals surface area contributed by atoms with Crippen LogP contribution in [-0.4, -0.2) is 57.0 Å². The number of nitrogens with zero attached hydrogens (tertiary/aromatic N) is 1. The summed E-state index contributed by atoms with van der Waals surface area (Å²) in [4.78, 5) is 30.0. The lowest BCUT2D eigenvalue weighted by Crippen LogP contribution is -2.45. The molecule has 1 aromatic rings. The fraction of sp³-hybridized carbons (Fsp3) is 0.667. The van der Waals surface area contributed by atoms with Gasteiger partial charge in [0.2, 0.25) is 0 Å². The van der Waals surface area contributed by atoms with Crippen molar-refractivity contribution in [3.8, 4) is 0 Å². The third kappa shape index (κ3) is 6.54. The highest BCUT2D eigenvalue weighted by atomic mass is 19.1. The molecule has 2 aliphatic heterocycles. The zero-order valence-corrected chi connectivity index (χ0v) is 21.2. The molecule has 2 aliphatic rings. The number of halogens is 1. The van der Waals surface area contributed by atoms with Gasteiger partial charge in [0.05, 0.1) is 41.4 Å². The van der Waals surface area contributed by atoms with Crippen molar-refractivity contribution in [1.82, 2.24) is 4.98 Å². The van der Waals surface area contributed by atoms with Crippen LogP contribution in [0.15, 0.2) is 30.2 Å². The number of aliphatic hydroxyl groups is 2. The van der Waals surface area contributed by atoms with E-state index in [-0.39, 0.29) is 24.2 Å². The number of aromatic nitrogens is 1. The third-order valence-corrected chi connectivity index (χ3v) is 7.69. The number of epoxide rings is 1. The Balaban J connectivity index is 1.86. The Morgan fingerprint density at radius 2 is 1.91 bits per heavy atom. The van der Waals surface area contributed by atoms with Gasteiger partial charge in [-0.15, -0.1) is 0 Å². The average molecular weight is 492 g/mol. The number of pyridine rings is 1. The van der Waals surface area contributed by atoms with E-state index in [0.29, 0.717) is 18.5 Å². The van der Waals surface area contributed by atoms with Crippen LogP contribution in [0.5, 0.6) is 0 Å². The van der Waals surface area contributed by atoms with E-state index in [1.54, 1.807) is 45.2 Å². The second kappa shape index (κ2) is 10.8. The number of Topliss-reactive ketones (excluding diaryl/α,β-unsaturated/α-hetero) is 1. The van der Waals surface area contributed by atoms with Crippen molar-refractivity contribution < 1.29 is 33.7 Å². The van der Waals surface area contributed by atoms with Crippen molar-refractivity contribution in [3.63, 3.8) is 0 Å². The normalized spacial score (nSPS) is 37.3. The summed E-state index contributed by atoms with van der Waals surface area (Å²) in [7, 11) is 0. The molecule has 0 aliphatic carbocycles. The lowest BCUT2D eigenvalue weighted by atomic mass is 9.73. The van der Waals surface area contributed by atoms with Gasteiger partial charge in [-0.05, 0) is 43.9 Å². The second-order valence-electron chi connectivity index (χ2n) is 10.9. The Labute approximate surface area is 206 Å². The predicted octanol–water partition coefficient (Wildman–Crippen LogP) is 4.01. The topological polar surface area (TPSA) is 109 Å². The summed E-state index contributed by atoms with van der Waals surface area (Å²) >= 11 is 0. The van der Waals surface area contributed by atoms with Crippen LogP contribution in [0.25, 0.3) is 6.08 Å². The molecule has 1 aromatic heterocycles. The molecular weight excluding hydrogens is 453 g/mol. The van der Waals surface area contributed by atoms with Crippen molar-refractivity contribution in [2.24, 2.45) is 17.3 Å². The smallest absolute Gasteiger partial charge is 0.309 e. The lowest BCUT2D eigenvalue weighted by molar-refractivity contribution is -0.155. The standard InChI is InChI=1S/C27H38FNO6/c1-16-9-8-11-27(5)22(35-27)14-20(19(28)13-18-10-6-7-12-29-18)34-23(31)15-21(30)26(3,4)25(33)17(2)24(16)32/h6-7,10,12-13,16-17,20-22,24,30,32H,8-9,11,14-15H2,1-5H3. The highest BCUT2D eigenvalue weighted by molar-refractivity contribution is 5.88. The van der Waals surface area contributed by atoms with Gasteiger partial charge in [0, 0.05) is 18.5 Å². The van der Waals surface area contributed by atoms with Crippen molar-refractivity contribution in [2.75, 3.05) is 0 Å². The highest BCUT2D eigenvalue weighted by Crippen LogP contribution is 2.45. The summed E-state index contributed by atoms with van der Waals surface area (Å²) in [5.74, 6) is -2.66. The second-order valence-corrected chi connectivity index (χ2v) is 10.9. The lowest BCUT2D eigenvalue weighted by Gasteiger charge is -2.34. The van der Waals surface area contributed by atoms with Gasteiger partial charge in [0.15, 0.2) is 6.10 Å². The van der Waals surface area contributed by atoms with Gasteiger partial charge >= 0.3 is 5.97 Å². The molecule has 7 unspecified atom stereocenters. The number of aliphatic hydroxyl groups excluding tert-OH is 2. The predicted molar refractivity (Wildman–Crippen MR) is 129 cm³/mol. The number of rotatable bonds is 2. The Morgan fingerprint density at radius 1 is 1.20 bits per heavy atom. The van der Waals surface area contributed by atoms with Gasteiger partial charge in [0.1, 0.15) is 11.6 Å². The Hall–Kier alpha value is -2.16. The number of cyclic esters (lactones) is 1. The molecule has 8 heteroatoms. The van der Waals surface area contributed by atoms with Crippen LogP contribution in [0, 0.1) is 17.3 Å². The number of fused-ring (bicyclic) bond motifs is 1. The van der Waals surface area contributed by atoms with Gasteiger partial charge in [0.25, 0.3) is 0 Å². The Kier molecular flexibility index (Phi) is 8.50. The molecule has 7 atom stereocenters. The minimum atomic E-state index is -1.36. The van der Waals surface area contributed by atoms with Gasteiger partial charge in [-0.3, -0.25) is 14.6 Å². The number of ketones is 1. The first kappa shape index (κ1) is 27.4. The van der Waals surface area contributed by atoms with Crippen LogP contribution >= 0.6 is 0 Å². The molecule has 194 valence electrons. The number of carbonyl (C=O) groups excluding carboxylic acids is 2. The zero-order chi connectivity index (χ0) is 26.0. The maximum Gasteiger partial charge on any atom is 0.309 e. The highest BCUT2D eigenvalue weighted by Gasteiger charge is 2.53. The van der Waals surface area contributed by atoms with E-state index >= 15 is 4.39 Å². The fourth-order valence-electron chi connectivity index (χ4n) is 4.88. The van der Waals surface area contributed by atoms with E-state index in [9.17, 15) is 19.8 Å². The van der Waals surface area contributed by atoms with E-state index < -0.39 is 53.5 Å². The van der Waals surface area contributed by atoms with E-state index in [0.717, 1.165) is 6.42 Å². The molecule has 7 nitrogen and oxygen atoms in total. The molecule has 0 bridgehead atoms. The Morgan fingerprint density at radius 3 is 2.57 bits per heavy atom. The number of esters is 1. The third-order valence-electron chi connectivity index (χ3n) is 7.69. The van der Waals surface area contributed by atoms with Gasteiger partial charge in [-0.2, -0.15) is 0 Å². The zero-order valence-electron chi connectivity index (χ0n) is 21.2. The van der Waals surface area contributed by atoms with Gasteiger partial charge < -0.3 is 19.7 Å². The molecule has 0 spiro atoms. The van der Waals surface area contributed by atoms with E-state index in [4.69, 9.17) is 9.47 Å². The van der Waals surface area contributed by atoms with E-state index in [1.807, 2.05) is 13.8 Å². The molecule has 0 amide bonds. The summed E-state index contributed by atoms with van der Waals surface area (Å²) in [6.07, 6.45) is 0.859. The monoisotopic (exact) mass is 491 g/mol. The first-order valence-electron chi connectivity index (χ1n) is 12.4. The quantitative estimate of drug-likeness (QED) is 0.475. The van der Waals surface area contributed by atoms with E-state index in [2.05, 4.69) is 4.98 Å². The Bertz CT molecular complexity index is 935. The maximum absolute atomic E-state index is 15.3. The molecular formula is C27H38FNO6. The summed E-state index contributed by atoms with van der Waals surface area (Å²) < 4.78 is 26.6. The number of hydrogen-bond donors (Lipinski definition) is 2. The first-order valence-corrected chi connectivity index (χ1v) is 12.4. The average Bonchev–Trinajstić information content (AvgIpc) is 3.45. The molecule has 2 saturated heterocycles. The summed E-state index contributed by atoms with van der Waals surface area (Å²) in [5, 5.41) is 21.5. The SMILES string of the molecule is CC1CCCC2(C)OC2CC(C(F)=Cc2ccccn2)OC(=O)CC(O)C(C)(C)C(=O)C(C)C1O. The minimum Gasteiger partial charge on any atom is -0.455 e. The van der Waals surface area contributed by atoms with Crippen LogP contribution < -0.4 is 0 Å². The summed E-state index contributed by atoms with van der Waals surface area (Å²) in [6.45, 7) is 8.59. The minimum absolute atomic E-state index is 0.130. The molecule has 2 fully saturated rings. The van der Waals surface area contributed by atoms with Crippen LogP contribution in [-0.2, 0) is 19.1 Å². The number of carbonyl (C=O) groups is 2. The number of ether oxygens (including phenoxy) is 2. The van der Waals surface area contributed by atoms with Crippen molar-refractivity contribution in [3.05, 3.63) is 35.9 Å². The van der Waals surface area contributed by atoms with Crippen LogP contribution in [0.4, 0.5) is 4.39 Å². The molecule has 35 heavy (non-hydrogen) atoms. The van der Waals surface area contributed by atoms with Crippen molar-refractivity contribution in [1.29, 1.82) is 0 Å². The molecule has 3 heterocycles. The number of hydrogen-bond acceptors (Lipinski definition) is 7. The van der Waals surface area contributed by atoms with Crippen LogP contribution in [0.2, 0.25) is 0 Å². The fourth-order valence-corrected chi connectivity index (χ4v) is 4.88. The van der Waals surface area contributed by atoms with Gasteiger partial charge in [-0.25, -0.2) is 4.39 Å². The van der Waals surface area contributed by atoms with Crippen LogP contribution in [0.3, 0.4) is 0 Å². The molecule has 2 N–H and O–H groups in total. The van der Waals surface area contributed by atoms with Crippen molar-refractivity contribution >= 4 is 17.8 Å². The largest absolute Gasteiger partial charge is 0.455 e. The summed E-state index contributed by atoms with van der Waals surface area (Å²) in [5.41, 5.74) is -1.38. The first-order chi connectivity index (χ1) is 16.3. The van der Waals surface area contributed by atoms with Crippen LogP contribution in [0.1, 0.15) is 72.4 Å². The molecule has 0 radical (unpaired) electrons. The van der Waals surface area contributed by atoms with Crippen molar-refractivity contribution in [2.45, 2.75) is 96.7 Å². The summed E-state index contributed by atoms with van der Waals surface area (Å²) in [6, 6.07) is 5.09. The molecule has 0 saturated carbocycles.